The number of sulfonamides is 1. The largest absolute Gasteiger partial charge is 0.341 e. The molecule has 1 aromatic heterocycles. The number of aromatic nitrogens is 2. The number of hydrogen-bond acceptors (Lipinski definition) is 4. The SMILES string of the molecule is O=C(C1CCC1)N1CCCN(S(=O)(=O)c2cnc[nH]2)CC1. The normalized spacial score (nSPS) is 21.8. The molecule has 0 radical (unpaired) electrons. The Morgan fingerprint density at radius 1 is 1.19 bits per heavy atom. The van der Waals surface area contributed by atoms with E-state index in [2.05, 4.69) is 9.97 Å². The van der Waals surface area contributed by atoms with Crippen LogP contribution in [0.25, 0.3) is 0 Å². The summed E-state index contributed by atoms with van der Waals surface area (Å²) < 4.78 is 26.3. The third-order valence-electron chi connectivity index (χ3n) is 4.31. The average Bonchev–Trinajstić information content (AvgIpc) is 2.81. The van der Waals surface area contributed by atoms with Crippen LogP contribution < -0.4 is 0 Å². The Bertz CT molecular complexity index is 595. The van der Waals surface area contributed by atoms with E-state index in [0.717, 1.165) is 19.3 Å². The summed E-state index contributed by atoms with van der Waals surface area (Å²) in [5, 5.41) is 0.112. The van der Waals surface area contributed by atoms with Crippen molar-refractivity contribution in [2.45, 2.75) is 30.7 Å². The molecule has 1 saturated heterocycles. The second-order valence-electron chi connectivity index (χ2n) is 5.63. The Hall–Kier alpha value is -1.41. The first-order chi connectivity index (χ1) is 10.1. The minimum atomic E-state index is -3.53. The fraction of sp³-hybridized carbons (Fsp3) is 0.692. The van der Waals surface area contributed by atoms with E-state index in [1.807, 2.05) is 4.90 Å². The monoisotopic (exact) mass is 312 g/mol. The number of hydrogen-bond donors (Lipinski definition) is 1. The lowest BCUT2D eigenvalue weighted by Crippen LogP contribution is -2.41. The maximum atomic E-state index is 12.4. The standard InChI is InChI=1S/C13H20N4O3S/c18-13(11-3-1-4-11)16-5-2-6-17(8-7-16)21(19,20)12-9-14-10-15-12/h9-11H,1-8H2,(H,14,15). The van der Waals surface area contributed by atoms with Gasteiger partial charge in [0.15, 0.2) is 5.03 Å². The topological polar surface area (TPSA) is 86.4 Å². The summed E-state index contributed by atoms with van der Waals surface area (Å²) in [5.41, 5.74) is 0. The van der Waals surface area contributed by atoms with E-state index in [1.165, 1.54) is 16.8 Å². The summed E-state index contributed by atoms with van der Waals surface area (Å²) in [5.74, 6) is 0.364. The number of imidazole rings is 1. The van der Waals surface area contributed by atoms with Crippen LogP contribution in [0.4, 0.5) is 0 Å². The van der Waals surface area contributed by atoms with Gasteiger partial charge in [-0.05, 0) is 19.3 Å². The number of carbonyl (C=O) groups is 1. The summed E-state index contributed by atoms with van der Waals surface area (Å²) in [7, 11) is -3.53. The van der Waals surface area contributed by atoms with E-state index in [9.17, 15) is 13.2 Å². The van der Waals surface area contributed by atoms with Crippen LogP contribution in [0, 0.1) is 5.92 Å². The molecule has 0 aromatic carbocycles. The van der Waals surface area contributed by atoms with E-state index >= 15 is 0 Å². The highest BCUT2D eigenvalue weighted by Crippen LogP contribution is 2.28. The maximum Gasteiger partial charge on any atom is 0.260 e. The molecule has 2 heterocycles. The second kappa shape index (κ2) is 5.76. The quantitative estimate of drug-likeness (QED) is 0.877. The summed E-state index contributed by atoms with van der Waals surface area (Å²) in [6.07, 6.45) is 6.43. The molecule has 0 atom stereocenters. The third-order valence-corrected chi connectivity index (χ3v) is 6.14. The highest BCUT2D eigenvalue weighted by molar-refractivity contribution is 7.89. The van der Waals surface area contributed by atoms with Crippen molar-refractivity contribution in [1.29, 1.82) is 0 Å². The van der Waals surface area contributed by atoms with Gasteiger partial charge in [-0.2, -0.15) is 4.31 Å². The van der Waals surface area contributed by atoms with Gasteiger partial charge in [-0.3, -0.25) is 4.79 Å². The van der Waals surface area contributed by atoms with Crippen molar-refractivity contribution >= 4 is 15.9 Å². The van der Waals surface area contributed by atoms with Gasteiger partial charge in [0.1, 0.15) is 0 Å². The molecule has 1 aliphatic heterocycles. The molecule has 0 bridgehead atoms. The molecule has 1 N–H and O–H groups in total. The van der Waals surface area contributed by atoms with Gasteiger partial charge in [-0.25, -0.2) is 13.4 Å². The zero-order valence-corrected chi connectivity index (χ0v) is 12.7. The summed E-state index contributed by atoms with van der Waals surface area (Å²) >= 11 is 0. The van der Waals surface area contributed by atoms with Crippen LogP contribution in [0.5, 0.6) is 0 Å². The van der Waals surface area contributed by atoms with Crippen LogP contribution in [-0.2, 0) is 14.8 Å². The summed E-state index contributed by atoms with van der Waals surface area (Å²) in [6.45, 7) is 1.91. The van der Waals surface area contributed by atoms with Crippen molar-refractivity contribution in [3.63, 3.8) is 0 Å². The average molecular weight is 312 g/mol. The van der Waals surface area contributed by atoms with Crippen molar-refractivity contribution in [3.8, 4) is 0 Å². The van der Waals surface area contributed by atoms with Crippen molar-refractivity contribution < 1.29 is 13.2 Å². The molecule has 1 saturated carbocycles. The number of rotatable bonds is 3. The molecule has 2 aliphatic rings. The first kappa shape index (κ1) is 14.5. The predicted molar refractivity (Wildman–Crippen MR) is 75.9 cm³/mol. The molecule has 0 unspecified atom stereocenters. The second-order valence-corrected chi connectivity index (χ2v) is 7.53. The molecule has 1 aromatic rings. The van der Waals surface area contributed by atoms with E-state index in [1.54, 1.807) is 0 Å². The van der Waals surface area contributed by atoms with Crippen LogP contribution in [0.15, 0.2) is 17.6 Å². The van der Waals surface area contributed by atoms with E-state index in [4.69, 9.17) is 0 Å². The molecule has 1 aliphatic carbocycles. The molecule has 2 fully saturated rings. The van der Waals surface area contributed by atoms with E-state index < -0.39 is 10.0 Å². The molecule has 8 heteroatoms. The number of nitrogens with zero attached hydrogens (tertiary/aromatic N) is 3. The van der Waals surface area contributed by atoms with Crippen LogP contribution in [-0.4, -0.2) is 59.7 Å². The van der Waals surface area contributed by atoms with Crippen LogP contribution in [0.1, 0.15) is 25.7 Å². The molecule has 7 nitrogen and oxygen atoms in total. The first-order valence-electron chi connectivity index (χ1n) is 7.36. The lowest BCUT2D eigenvalue weighted by molar-refractivity contribution is -0.138. The minimum absolute atomic E-state index is 0.112. The van der Waals surface area contributed by atoms with Crippen LogP contribution in [0.3, 0.4) is 0 Å². The number of H-pyrrole nitrogens is 1. The molecule has 21 heavy (non-hydrogen) atoms. The number of aromatic amines is 1. The van der Waals surface area contributed by atoms with Gasteiger partial charge in [-0.1, -0.05) is 6.42 Å². The van der Waals surface area contributed by atoms with Crippen molar-refractivity contribution in [2.75, 3.05) is 26.2 Å². The van der Waals surface area contributed by atoms with Gasteiger partial charge in [0, 0.05) is 32.1 Å². The lowest BCUT2D eigenvalue weighted by Gasteiger charge is -2.30. The zero-order valence-electron chi connectivity index (χ0n) is 11.9. The lowest BCUT2D eigenvalue weighted by atomic mass is 9.84. The Balaban J connectivity index is 1.67. The maximum absolute atomic E-state index is 12.4. The molecule has 3 rings (SSSR count). The van der Waals surface area contributed by atoms with Gasteiger partial charge in [0.2, 0.25) is 5.91 Å². The Morgan fingerprint density at radius 3 is 2.62 bits per heavy atom. The fourth-order valence-electron chi connectivity index (χ4n) is 2.79. The summed E-state index contributed by atoms with van der Waals surface area (Å²) in [6, 6.07) is 0. The predicted octanol–water partition coefficient (Wildman–Crippen LogP) is 0.433. The van der Waals surface area contributed by atoms with Crippen LogP contribution in [0.2, 0.25) is 0 Å². The van der Waals surface area contributed by atoms with E-state index in [0.29, 0.717) is 32.6 Å². The van der Waals surface area contributed by atoms with Gasteiger partial charge in [-0.15, -0.1) is 0 Å². The summed E-state index contributed by atoms with van der Waals surface area (Å²) in [4.78, 5) is 20.5. The van der Waals surface area contributed by atoms with Crippen molar-refractivity contribution in [2.24, 2.45) is 5.92 Å². The highest BCUT2D eigenvalue weighted by atomic mass is 32.2. The van der Waals surface area contributed by atoms with Gasteiger partial charge in [0.05, 0.1) is 12.5 Å². The van der Waals surface area contributed by atoms with Gasteiger partial charge in [0.25, 0.3) is 10.0 Å². The van der Waals surface area contributed by atoms with E-state index in [-0.39, 0.29) is 16.9 Å². The van der Waals surface area contributed by atoms with Crippen LogP contribution >= 0.6 is 0 Å². The molecule has 0 spiro atoms. The number of amides is 1. The first-order valence-corrected chi connectivity index (χ1v) is 8.80. The van der Waals surface area contributed by atoms with Gasteiger partial charge < -0.3 is 9.88 Å². The number of nitrogens with one attached hydrogen (secondary N) is 1. The Labute approximate surface area is 124 Å². The molecular formula is C13H20N4O3S. The Kier molecular flexibility index (Phi) is 3.99. The molecular weight excluding hydrogens is 292 g/mol. The molecule has 116 valence electrons. The zero-order chi connectivity index (χ0) is 14.9. The number of carbonyl (C=O) groups excluding carboxylic acids is 1. The highest BCUT2D eigenvalue weighted by Gasteiger charge is 2.33. The van der Waals surface area contributed by atoms with Gasteiger partial charge >= 0.3 is 0 Å². The minimum Gasteiger partial charge on any atom is -0.341 e. The fourth-order valence-corrected chi connectivity index (χ4v) is 4.16. The third kappa shape index (κ3) is 2.82. The van der Waals surface area contributed by atoms with Crippen molar-refractivity contribution in [1.82, 2.24) is 19.2 Å². The smallest absolute Gasteiger partial charge is 0.260 e. The Morgan fingerprint density at radius 2 is 2.00 bits per heavy atom. The van der Waals surface area contributed by atoms with Crippen molar-refractivity contribution in [3.05, 3.63) is 12.5 Å². The molecule has 1 amide bonds.